The van der Waals surface area contributed by atoms with Gasteiger partial charge in [-0.3, -0.25) is 0 Å². The maximum absolute atomic E-state index is 4.94. The molecular formula is C39H26N4S. The van der Waals surface area contributed by atoms with Crippen LogP contribution in [-0.2, 0) is 0 Å². The average Bonchev–Trinajstić information content (AvgIpc) is 3.65. The minimum absolute atomic E-state index is 0.416. The summed E-state index contributed by atoms with van der Waals surface area (Å²) in [4.78, 5) is 16.1. The molecule has 2 aliphatic rings. The Hall–Kier alpha value is -5.26. The fourth-order valence-electron chi connectivity index (χ4n) is 6.51. The summed E-state index contributed by atoms with van der Waals surface area (Å²) in [6.45, 7) is 0. The van der Waals surface area contributed by atoms with Crippen LogP contribution in [0.5, 0.6) is 0 Å². The third kappa shape index (κ3) is 4.04. The minimum atomic E-state index is 0.416. The largest absolute Gasteiger partial charge is 0.308 e. The van der Waals surface area contributed by atoms with Crippen molar-refractivity contribution in [3.63, 3.8) is 0 Å². The number of benzene rings is 5. The van der Waals surface area contributed by atoms with Gasteiger partial charge in [0.15, 0.2) is 17.5 Å². The lowest BCUT2D eigenvalue weighted by Crippen LogP contribution is -2.06. The van der Waals surface area contributed by atoms with Gasteiger partial charge in [0.05, 0.1) is 11.0 Å². The molecule has 5 heteroatoms. The summed E-state index contributed by atoms with van der Waals surface area (Å²) in [5, 5.41) is 3.00. The van der Waals surface area contributed by atoms with Gasteiger partial charge in [0.1, 0.15) is 0 Å². The Morgan fingerprint density at radius 3 is 1.80 bits per heavy atom. The lowest BCUT2D eigenvalue weighted by molar-refractivity contribution is 0.882. The Labute approximate surface area is 259 Å². The van der Waals surface area contributed by atoms with Crippen molar-refractivity contribution in [3.8, 4) is 39.9 Å². The van der Waals surface area contributed by atoms with Gasteiger partial charge in [0.2, 0.25) is 0 Å². The van der Waals surface area contributed by atoms with E-state index in [2.05, 4.69) is 89.5 Å². The summed E-state index contributed by atoms with van der Waals surface area (Å²) < 4.78 is 2.43. The maximum atomic E-state index is 4.94. The standard InChI is InChI=1S/C39H26N4S/c1-3-11-25(12-4-1)37-40-38(26-13-5-2-6-14-26)42-39(41-37)27-19-21-28(22-20-27)43-33-17-9-7-15-29(33)31-23-24-32-30-16-8-10-18-34(30)44-36(32)35(31)43/h1-24,30,34H. The highest BCUT2D eigenvalue weighted by Gasteiger charge is 2.34. The minimum Gasteiger partial charge on any atom is -0.308 e. The molecule has 2 aromatic heterocycles. The lowest BCUT2D eigenvalue weighted by atomic mass is 9.92. The van der Waals surface area contributed by atoms with E-state index in [1.165, 1.54) is 32.3 Å². The maximum Gasteiger partial charge on any atom is 0.164 e. The van der Waals surface area contributed by atoms with Crippen LogP contribution in [0.4, 0.5) is 0 Å². The first kappa shape index (κ1) is 25.3. The molecular weight excluding hydrogens is 557 g/mol. The van der Waals surface area contributed by atoms with Crippen LogP contribution in [0.1, 0.15) is 11.5 Å². The highest BCUT2D eigenvalue weighted by Crippen LogP contribution is 2.52. The van der Waals surface area contributed by atoms with Crippen molar-refractivity contribution in [3.05, 3.63) is 151 Å². The van der Waals surface area contributed by atoms with Crippen molar-refractivity contribution in [2.75, 3.05) is 0 Å². The Morgan fingerprint density at radius 1 is 0.523 bits per heavy atom. The van der Waals surface area contributed by atoms with Crippen molar-refractivity contribution in [1.29, 1.82) is 0 Å². The molecule has 0 fully saturated rings. The van der Waals surface area contributed by atoms with Gasteiger partial charge in [0, 0.05) is 49.2 Å². The second-order valence-electron chi connectivity index (χ2n) is 11.2. The topological polar surface area (TPSA) is 43.6 Å². The zero-order chi connectivity index (χ0) is 29.0. The number of nitrogens with zero attached hydrogens (tertiary/aromatic N) is 4. The van der Waals surface area contributed by atoms with Crippen LogP contribution < -0.4 is 0 Å². The summed E-state index contributed by atoms with van der Waals surface area (Å²) in [5.41, 5.74) is 7.92. The van der Waals surface area contributed by atoms with E-state index >= 15 is 0 Å². The van der Waals surface area contributed by atoms with Crippen molar-refractivity contribution < 1.29 is 0 Å². The van der Waals surface area contributed by atoms with Crippen LogP contribution in [0.25, 0.3) is 61.7 Å². The smallest absolute Gasteiger partial charge is 0.164 e. The number of para-hydroxylation sites is 1. The summed E-state index contributed by atoms with van der Waals surface area (Å²) in [7, 11) is 0. The molecule has 0 saturated heterocycles. The molecule has 2 unspecified atom stereocenters. The van der Waals surface area contributed by atoms with Crippen LogP contribution >= 0.6 is 11.8 Å². The third-order valence-corrected chi connectivity index (χ3v) is 9.99. The summed E-state index contributed by atoms with van der Waals surface area (Å²) >= 11 is 1.99. The van der Waals surface area contributed by atoms with Gasteiger partial charge in [-0.25, -0.2) is 15.0 Å². The van der Waals surface area contributed by atoms with E-state index in [4.69, 9.17) is 15.0 Å². The van der Waals surface area contributed by atoms with Crippen LogP contribution in [0, 0.1) is 0 Å². The third-order valence-electron chi connectivity index (χ3n) is 8.60. The van der Waals surface area contributed by atoms with E-state index in [1.807, 2.05) is 72.4 Å². The van der Waals surface area contributed by atoms with Crippen molar-refractivity contribution >= 4 is 33.6 Å². The number of allylic oxidation sites excluding steroid dienone is 3. The van der Waals surface area contributed by atoms with E-state index in [-0.39, 0.29) is 0 Å². The predicted octanol–water partition coefficient (Wildman–Crippen LogP) is 9.65. The SMILES string of the molecule is C1=CC2Sc3c(ccc4c5ccccc5n(-c5ccc(-c6nc(-c7ccccc7)nc(-c7ccccc7)n6)cc5)c34)C2C=C1. The molecule has 0 N–H and O–H groups in total. The van der Waals surface area contributed by atoms with Crippen LogP contribution in [0.3, 0.4) is 0 Å². The number of fused-ring (bicyclic) bond motifs is 7. The predicted molar refractivity (Wildman–Crippen MR) is 181 cm³/mol. The van der Waals surface area contributed by atoms with Crippen LogP contribution in [0.15, 0.2) is 151 Å². The number of aromatic nitrogens is 4. The molecule has 1 aliphatic heterocycles. The molecule has 0 saturated carbocycles. The molecule has 44 heavy (non-hydrogen) atoms. The van der Waals surface area contributed by atoms with E-state index in [1.54, 1.807) is 0 Å². The molecule has 0 spiro atoms. The average molecular weight is 583 g/mol. The van der Waals surface area contributed by atoms with Crippen molar-refractivity contribution in [2.45, 2.75) is 16.1 Å². The fraction of sp³-hybridized carbons (Fsp3) is 0.0513. The van der Waals surface area contributed by atoms with Crippen LogP contribution in [0.2, 0.25) is 0 Å². The first-order valence-electron chi connectivity index (χ1n) is 14.9. The Balaban J connectivity index is 1.20. The summed E-state index contributed by atoms with van der Waals surface area (Å²) in [5.74, 6) is 2.40. The molecule has 0 bridgehead atoms. The number of rotatable bonds is 4. The zero-order valence-electron chi connectivity index (χ0n) is 23.7. The molecule has 3 heterocycles. The Kier molecular flexibility index (Phi) is 5.84. The van der Waals surface area contributed by atoms with Crippen molar-refractivity contribution in [1.82, 2.24) is 19.5 Å². The molecule has 1 aliphatic carbocycles. The zero-order valence-corrected chi connectivity index (χ0v) is 24.5. The van der Waals surface area contributed by atoms with E-state index in [9.17, 15) is 0 Å². The second-order valence-corrected chi connectivity index (χ2v) is 12.4. The molecule has 0 radical (unpaired) electrons. The first-order valence-corrected chi connectivity index (χ1v) is 15.8. The second kappa shape index (κ2) is 10.2. The van der Waals surface area contributed by atoms with Gasteiger partial charge in [0.25, 0.3) is 0 Å². The number of hydrogen-bond donors (Lipinski definition) is 0. The molecule has 5 aromatic carbocycles. The number of thioether (sulfide) groups is 1. The highest BCUT2D eigenvalue weighted by atomic mass is 32.2. The van der Waals surface area contributed by atoms with Gasteiger partial charge >= 0.3 is 0 Å². The van der Waals surface area contributed by atoms with Crippen molar-refractivity contribution in [2.24, 2.45) is 0 Å². The number of hydrogen-bond acceptors (Lipinski definition) is 4. The molecule has 7 aromatic rings. The van der Waals surface area contributed by atoms with E-state index in [0.29, 0.717) is 28.6 Å². The van der Waals surface area contributed by atoms with Gasteiger partial charge in [-0.15, -0.1) is 11.8 Å². The quantitative estimate of drug-likeness (QED) is 0.207. The Bertz CT molecular complexity index is 2190. The normalized spacial score (nSPS) is 16.8. The first-order chi connectivity index (χ1) is 21.8. The van der Waals surface area contributed by atoms with Gasteiger partial charge < -0.3 is 4.57 Å². The van der Waals surface area contributed by atoms with Crippen LogP contribution in [-0.4, -0.2) is 24.8 Å². The fourth-order valence-corrected chi connectivity index (χ4v) is 7.99. The monoisotopic (exact) mass is 582 g/mol. The molecule has 9 rings (SSSR count). The van der Waals surface area contributed by atoms with E-state index in [0.717, 1.165) is 22.4 Å². The Morgan fingerprint density at radius 2 is 1.11 bits per heavy atom. The molecule has 2 atom stereocenters. The van der Waals surface area contributed by atoms with Gasteiger partial charge in [-0.2, -0.15) is 0 Å². The van der Waals surface area contributed by atoms with Gasteiger partial charge in [-0.1, -0.05) is 115 Å². The molecule has 4 nitrogen and oxygen atoms in total. The van der Waals surface area contributed by atoms with Gasteiger partial charge in [-0.05, 0) is 35.9 Å². The summed E-state index contributed by atoms with van der Waals surface area (Å²) in [6.07, 6.45) is 9.05. The lowest BCUT2D eigenvalue weighted by Gasteiger charge is -2.14. The van der Waals surface area contributed by atoms with E-state index < -0.39 is 0 Å². The molecule has 208 valence electrons. The summed E-state index contributed by atoms with van der Waals surface area (Å²) in [6, 6.07) is 42.3. The molecule has 0 amide bonds. The highest BCUT2D eigenvalue weighted by molar-refractivity contribution is 8.00.